The molecule has 0 amide bonds. The normalized spacial score (nSPS) is 24.4. The fraction of sp³-hybridized carbons (Fsp3) is 0.476. The fourth-order valence-electron chi connectivity index (χ4n) is 3.83. The smallest absolute Gasteiger partial charge is 0.0646 e. The standard InChI is InChI=1S/C21H28N2O2/c1-17-6-5-9-19(22-17)10-12-23-13-11-20(25)21(15-23,16-24)14-18-7-3-2-4-8-18/h2-9,20,24-25H,10-16H2,1H3/t20-,21+/m1/s1. The number of aryl methyl sites for hydroxylation is 1. The number of nitrogens with zero attached hydrogens (tertiary/aromatic N) is 2. The summed E-state index contributed by atoms with van der Waals surface area (Å²) in [7, 11) is 0. The molecule has 0 spiro atoms. The van der Waals surface area contributed by atoms with Gasteiger partial charge < -0.3 is 15.1 Å². The largest absolute Gasteiger partial charge is 0.396 e. The number of hydrogen-bond acceptors (Lipinski definition) is 4. The third kappa shape index (κ3) is 4.46. The van der Waals surface area contributed by atoms with Gasteiger partial charge in [0.25, 0.3) is 0 Å². The van der Waals surface area contributed by atoms with E-state index in [4.69, 9.17) is 0 Å². The van der Waals surface area contributed by atoms with Crippen LogP contribution >= 0.6 is 0 Å². The lowest BCUT2D eigenvalue weighted by Crippen LogP contribution is -2.55. The van der Waals surface area contributed by atoms with E-state index in [1.54, 1.807) is 0 Å². The van der Waals surface area contributed by atoms with Crippen molar-refractivity contribution in [3.63, 3.8) is 0 Å². The molecule has 1 aromatic carbocycles. The van der Waals surface area contributed by atoms with E-state index in [1.165, 1.54) is 0 Å². The van der Waals surface area contributed by atoms with E-state index < -0.39 is 11.5 Å². The molecule has 2 atom stereocenters. The summed E-state index contributed by atoms with van der Waals surface area (Å²) >= 11 is 0. The van der Waals surface area contributed by atoms with Gasteiger partial charge in [0.1, 0.15) is 0 Å². The zero-order chi connectivity index (χ0) is 17.7. The monoisotopic (exact) mass is 340 g/mol. The van der Waals surface area contributed by atoms with Crippen LogP contribution in [0.1, 0.15) is 23.4 Å². The van der Waals surface area contributed by atoms with Crippen LogP contribution in [0, 0.1) is 12.3 Å². The highest BCUT2D eigenvalue weighted by Gasteiger charge is 2.42. The van der Waals surface area contributed by atoms with Crippen LogP contribution in [0.15, 0.2) is 48.5 Å². The second-order valence-corrected chi connectivity index (χ2v) is 7.28. The van der Waals surface area contributed by atoms with Gasteiger partial charge in [-0.05, 0) is 37.5 Å². The van der Waals surface area contributed by atoms with Crippen LogP contribution in [0.5, 0.6) is 0 Å². The molecule has 1 fully saturated rings. The zero-order valence-corrected chi connectivity index (χ0v) is 14.9. The Balaban J connectivity index is 1.67. The van der Waals surface area contributed by atoms with Crippen LogP contribution in [0.25, 0.3) is 0 Å². The maximum Gasteiger partial charge on any atom is 0.0646 e. The molecule has 1 aliphatic rings. The lowest BCUT2D eigenvalue weighted by atomic mass is 9.73. The average Bonchev–Trinajstić information content (AvgIpc) is 2.63. The van der Waals surface area contributed by atoms with Crippen LogP contribution in [-0.2, 0) is 12.8 Å². The Morgan fingerprint density at radius 2 is 1.96 bits per heavy atom. The van der Waals surface area contributed by atoms with Crippen molar-refractivity contribution in [1.29, 1.82) is 0 Å². The third-order valence-electron chi connectivity index (χ3n) is 5.31. The first-order valence-corrected chi connectivity index (χ1v) is 9.09. The van der Waals surface area contributed by atoms with Crippen molar-refractivity contribution in [2.24, 2.45) is 5.41 Å². The first-order chi connectivity index (χ1) is 12.1. The van der Waals surface area contributed by atoms with E-state index in [1.807, 2.05) is 37.3 Å². The van der Waals surface area contributed by atoms with E-state index in [0.29, 0.717) is 19.4 Å². The molecular weight excluding hydrogens is 312 g/mol. The molecule has 0 aliphatic carbocycles. The van der Waals surface area contributed by atoms with Crippen molar-refractivity contribution < 1.29 is 10.2 Å². The van der Waals surface area contributed by atoms with Gasteiger partial charge in [-0.25, -0.2) is 0 Å². The third-order valence-corrected chi connectivity index (χ3v) is 5.31. The van der Waals surface area contributed by atoms with Crippen LogP contribution in [-0.4, -0.2) is 52.4 Å². The summed E-state index contributed by atoms with van der Waals surface area (Å²) in [5, 5.41) is 20.7. The number of piperidine rings is 1. The summed E-state index contributed by atoms with van der Waals surface area (Å²) in [4.78, 5) is 6.93. The minimum absolute atomic E-state index is 0.00224. The Bertz CT molecular complexity index is 677. The topological polar surface area (TPSA) is 56.6 Å². The summed E-state index contributed by atoms with van der Waals surface area (Å²) < 4.78 is 0. The Hall–Kier alpha value is -1.75. The maximum absolute atomic E-state index is 10.6. The number of aromatic nitrogens is 1. The van der Waals surface area contributed by atoms with Crippen molar-refractivity contribution in [2.75, 3.05) is 26.2 Å². The number of rotatable bonds is 6. The summed E-state index contributed by atoms with van der Waals surface area (Å²) in [6.45, 7) is 4.49. The van der Waals surface area contributed by atoms with Gasteiger partial charge in [0, 0.05) is 42.9 Å². The molecule has 0 saturated carbocycles. The minimum Gasteiger partial charge on any atom is -0.396 e. The molecule has 2 N–H and O–H groups in total. The molecule has 0 bridgehead atoms. The molecule has 3 rings (SSSR count). The summed E-state index contributed by atoms with van der Waals surface area (Å²) in [5.41, 5.74) is 2.82. The average molecular weight is 340 g/mol. The lowest BCUT2D eigenvalue weighted by Gasteiger charge is -2.45. The van der Waals surface area contributed by atoms with E-state index in [0.717, 1.165) is 36.5 Å². The van der Waals surface area contributed by atoms with Crippen molar-refractivity contribution >= 4 is 0 Å². The summed E-state index contributed by atoms with van der Waals surface area (Å²) in [5.74, 6) is 0. The number of aliphatic hydroxyl groups excluding tert-OH is 2. The molecule has 25 heavy (non-hydrogen) atoms. The maximum atomic E-state index is 10.6. The molecule has 0 radical (unpaired) electrons. The molecule has 134 valence electrons. The first-order valence-electron chi connectivity index (χ1n) is 9.09. The summed E-state index contributed by atoms with van der Waals surface area (Å²) in [6, 6.07) is 16.3. The van der Waals surface area contributed by atoms with Crippen molar-refractivity contribution in [1.82, 2.24) is 9.88 Å². The summed E-state index contributed by atoms with van der Waals surface area (Å²) in [6.07, 6.45) is 1.83. The van der Waals surface area contributed by atoms with Crippen LogP contribution in [0.3, 0.4) is 0 Å². The predicted octanol–water partition coefficient (Wildman–Crippen LogP) is 2.22. The second-order valence-electron chi connectivity index (χ2n) is 7.28. The van der Waals surface area contributed by atoms with Crippen LogP contribution < -0.4 is 0 Å². The van der Waals surface area contributed by atoms with Gasteiger partial charge in [-0.2, -0.15) is 0 Å². The SMILES string of the molecule is Cc1cccc(CCN2CC[C@@H](O)[C@@](CO)(Cc3ccccc3)C2)n1. The van der Waals surface area contributed by atoms with E-state index in [2.05, 4.69) is 28.1 Å². The molecule has 4 heteroatoms. The minimum atomic E-state index is -0.486. The molecular formula is C21H28N2O2. The lowest BCUT2D eigenvalue weighted by molar-refractivity contribution is -0.0745. The molecule has 1 saturated heterocycles. The molecule has 4 nitrogen and oxygen atoms in total. The van der Waals surface area contributed by atoms with E-state index in [-0.39, 0.29) is 6.61 Å². The predicted molar refractivity (Wildman–Crippen MR) is 99.4 cm³/mol. The zero-order valence-electron chi connectivity index (χ0n) is 14.9. The highest BCUT2D eigenvalue weighted by atomic mass is 16.3. The number of benzene rings is 1. The Kier molecular flexibility index (Phi) is 5.84. The van der Waals surface area contributed by atoms with E-state index >= 15 is 0 Å². The number of hydrogen-bond donors (Lipinski definition) is 2. The Labute approximate surface area is 150 Å². The van der Waals surface area contributed by atoms with Gasteiger partial charge in [0.05, 0.1) is 12.7 Å². The van der Waals surface area contributed by atoms with Crippen LogP contribution in [0.2, 0.25) is 0 Å². The van der Waals surface area contributed by atoms with Crippen molar-refractivity contribution in [2.45, 2.75) is 32.3 Å². The van der Waals surface area contributed by atoms with Crippen molar-refractivity contribution in [3.05, 3.63) is 65.5 Å². The highest BCUT2D eigenvalue weighted by Crippen LogP contribution is 2.34. The molecule has 0 unspecified atom stereocenters. The Morgan fingerprint density at radius 3 is 2.68 bits per heavy atom. The van der Waals surface area contributed by atoms with Gasteiger partial charge in [0.2, 0.25) is 0 Å². The molecule has 2 aromatic rings. The van der Waals surface area contributed by atoms with Gasteiger partial charge in [-0.3, -0.25) is 4.98 Å². The van der Waals surface area contributed by atoms with Gasteiger partial charge in [0.15, 0.2) is 0 Å². The molecule has 2 heterocycles. The highest BCUT2D eigenvalue weighted by molar-refractivity contribution is 5.18. The van der Waals surface area contributed by atoms with Crippen molar-refractivity contribution in [3.8, 4) is 0 Å². The Morgan fingerprint density at radius 1 is 1.16 bits per heavy atom. The molecule has 1 aromatic heterocycles. The van der Waals surface area contributed by atoms with Gasteiger partial charge >= 0.3 is 0 Å². The van der Waals surface area contributed by atoms with E-state index in [9.17, 15) is 10.2 Å². The van der Waals surface area contributed by atoms with Crippen LogP contribution in [0.4, 0.5) is 0 Å². The molecule has 1 aliphatic heterocycles. The number of likely N-dealkylation sites (tertiary alicyclic amines) is 1. The fourth-order valence-corrected chi connectivity index (χ4v) is 3.83. The number of pyridine rings is 1. The first kappa shape index (κ1) is 18.1. The second kappa shape index (κ2) is 8.09. The quantitative estimate of drug-likeness (QED) is 0.847. The van der Waals surface area contributed by atoms with Gasteiger partial charge in [-0.1, -0.05) is 36.4 Å². The van der Waals surface area contributed by atoms with Gasteiger partial charge in [-0.15, -0.1) is 0 Å². The number of aliphatic hydroxyl groups is 2.